The van der Waals surface area contributed by atoms with Crippen molar-refractivity contribution in [1.82, 2.24) is 14.8 Å². The molecule has 3 rings (SSSR count). The number of hydrogen-bond acceptors (Lipinski definition) is 5. The van der Waals surface area contributed by atoms with Gasteiger partial charge in [-0.1, -0.05) is 19.9 Å². The van der Waals surface area contributed by atoms with E-state index < -0.39 is 18.3 Å². The van der Waals surface area contributed by atoms with Crippen molar-refractivity contribution in [2.45, 2.75) is 65.9 Å². The summed E-state index contributed by atoms with van der Waals surface area (Å²) in [5.74, 6) is 1.12. The monoisotopic (exact) mass is 375 g/mol. The molecule has 2 aromatic rings. The molecule has 0 atom stereocenters. The van der Waals surface area contributed by atoms with Gasteiger partial charge in [0.1, 0.15) is 24.5 Å². The molecule has 27 heavy (non-hydrogen) atoms. The number of hydrogen-bond donors (Lipinski definition) is 0. The molecule has 0 saturated carbocycles. The molecule has 1 fully saturated rings. The molecule has 1 aromatic heterocycles. The Bertz CT molecular complexity index is 791. The standard InChI is InChI=1S/C19H27BFN3O3/c1-13(2)10-24-17(22-12-23-24)11-25-16-9-14(21)7-8-15(16)20-26-18(3,4)19(5,6)27-20/h7-9,12-13H,10-11H2,1-6H3. The highest BCUT2D eigenvalue weighted by Crippen LogP contribution is 2.37. The summed E-state index contributed by atoms with van der Waals surface area (Å²) in [6.07, 6.45) is 1.50. The Hall–Kier alpha value is -1.93. The Balaban J connectivity index is 1.81. The van der Waals surface area contributed by atoms with Gasteiger partial charge in [-0.3, -0.25) is 0 Å². The molecule has 146 valence electrons. The van der Waals surface area contributed by atoms with E-state index in [0.29, 0.717) is 23.0 Å². The molecule has 0 spiro atoms. The number of benzene rings is 1. The normalized spacial score (nSPS) is 18.3. The summed E-state index contributed by atoms with van der Waals surface area (Å²) in [6.45, 7) is 13.0. The SMILES string of the molecule is CC(C)Cn1ncnc1COc1cc(F)ccc1B1OC(C)(C)C(C)(C)O1. The van der Waals surface area contributed by atoms with Crippen molar-refractivity contribution in [2.75, 3.05) is 0 Å². The van der Waals surface area contributed by atoms with Crippen LogP contribution in [0.5, 0.6) is 5.75 Å². The molecule has 2 heterocycles. The highest BCUT2D eigenvalue weighted by atomic mass is 19.1. The minimum Gasteiger partial charge on any atom is -0.486 e. The van der Waals surface area contributed by atoms with E-state index in [9.17, 15) is 4.39 Å². The van der Waals surface area contributed by atoms with Crippen molar-refractivity contribution >= 4 is 12.6 Å². The van der Waals surface area contributed by atoms with Gasteiger partial charge in [0.2, 0.25) is 0 Å². The van der Waals surface area contributed by atoms with Gasteiger partial charge in [-0.2, -0.15) is 5.10 Å². The molecule has 0 aliphatic carbocycles. The summed E-state index contributed by atoms with van der Waals surface area (Å²) in [7, 11) is -0.626. The maximum absolute atomic E-state index is 13.9. The molecule has 6 nitrogen and oxygen atoms in total. The van der Waals surface area contributed by atoms with Crippen LogP contribution in [0, 0.1) is 11.7 Å². The molecular formula is C19H27BFN3O3. The first-order chi connectivity index (χ1) is 12.6. The van der Waals surface area contributed by atoms with Crippen LogP contribution < -0.4 is 10.2 Å². The van der Waals surface area contributed by atoms with E-state index in [-0.39, 0.29) is 12.4 Å². The third kappa shape index (κ3) is 4.16. The lowest BCUT2D eigenvalue weighted by Crippen LogP contribution is -2.41. The molecule has 0 N–H and O–H groups in total. The van der Waals surface area contributed by atoms with Gasteiger partial charge >= 0.3 is 7.12 Å². The lowest BCUT2D eigenvalue weighted by molar-refractivity contribution is 0.00578. The zero-order valence-electron chi connectivity index (χ0n) is 16.8. The van der Waals surface area contributed by atoms with Gasteiger partial charge in [-0.15, -0.1) is 0 Å². The Morgan fingerprint density at radius 2 is 1.85 bits per heavy atom. The van der Waals surface area contributed by atoms with Gasteiger partial charge in [0.05, 0.1) is 11.2 Å². The zero-order chi connectivity index (χ0) is 19.8. The quantitative estimate of drug-likeness (QED) is 0.727. The predicted octanol–water partition coefficient (Wildman–Crippen LogP) is 2.95. The van der Waals surface area contributed by atoms with Crippen molar-refractivity contribution in [2.24, 2.45) is 5.92 Å². The fourth-order valence-electron chi connectivity index (χ4n) is 2.84. The number of nitrogens with zero attached hydrogens (tertiary/aromatic N) is 3. The van der Waals surface area contributed by atoms with Gasteiger partial charge < -0.3 is 14.0 Å². The van der Waals surface area contributed by atoms with E-state index in [4.69, 9.17) is 14.0 Å². The second-order valence-corrected chi connectivity index (χ2v) is 8.31. The molecule has 0 bridgehead atoms. The van der Waals surface area contributed by atoms with Crippen molar-refractivity contribution in [3.05, 3.63) is 36.2 Å². The first-order valence-electron chi connectivity index (χ1n) is 9.23. The first-order valence-corrected chi connectivity index (χ1v) is 9.23. The Morgan fingerprint density at radius 3 is 2.48 bits per heavy atom. The van der Waals surface area contributed by atoms with Gasteiger partial charge in [0, 0.05) is 18.1 Å². The molecule has 0 amide bonds. The Morgan fingerprint density at radius 1 is 1.19 bits per heavy atom. The summed E-state index contributed by atoms with van der Waals surface area (Å²) in [6, 6.07) is 4.38. The summed E-state index contributed by atoms with van der Waals surface area (Å²) in [5, 5.41) is 4.23. The zero-order valence-corrected chi connectivity index (χ0v) is 16.8. The molecule has 0 unspecified atom stereocenters. The summed E-state index contributed by atoms with van der Waals surface area (Å²) >= 11 is 0. The first kappa shape index (κ1) is 19.8. The Kier molecular flexibility index (Phi) is 5.32. The topological polar surface area (TPSA) is 58.4 Å². The lowest BCUT2D eigenvalue weighted by atomic mass is 9.78. The average molecular weight is 375 g/mol. The molecular weight excluding hydrogens is 348 g/mol. The smallest absolute Gasteiger partial charge is 0.486 e. The van der Waals surface area contributed by atoms with Crippen LogP contribution >= 0.6 is 0 Å². The Labute approximate surface area is 160 Å². The number of halogens is 1. The summed E-state index contributed by atoms with van der Waals surface area (Å²) in [5.41, 5.74) is -0.313. The van der Waals surface area contributed by atoms with Crippen LogP contribution in [-0.4, -0.2) is 33.1 Å². The van der Waals surface area contributed by atoms with E-state index >= 15 is 0 Å². The van der Waals surface area contributed by atoms with Gasteiger partial charge in [0.15, 0.2) is 5.82 Å². The minimum atomic E-state index is -0.626. The molecule has 0 radical (unpaired) electrons. The van der Waals surface area contributed by atoms with Crippen LogP contribution in [0.4, 0.5) is 4.39 Å². The van der Waals surface area contributed by atoms with E-state index in [1.54, 1.807) is 10.7 Å². The van der Waals surface area contributed by atoms with E-state index in [2.05, 4.69) is 23.9 Å². The van der Waals surface area contributed by atoms with Crippen molar-refractivity contribution in [3.8, 4) is 5.75 Å². The third-order valence-corrected chi connectivity index (χ3v) is 5.07. The molecule has 1 saturated heterocycles. The van der Waals surface area contributed by atoms with Crippen LogP contribution in [0.25, 0.3) is 0 Å². The number of ether oxygens (including phenoxy) is 1. The third-order valence-electron chi connectivity index (χ3n) is 5.07. The van der Waals surface area contributed by atoms with Gasteiger partial charge in [-0.05, 0) is 39.7 Å². The fraction of sp³-hybridized carbons (Fsp3) is 0.579. The number of rotatable bonds is 6. The lowest BCUT2D eigenvalue weighted by Gasteiger charge is -2.32. The maximum Gasteiger partial charge on any atom is 0.498 e. The molecule has 1 aliphatic rings. The van der Waals surface area contributed by atoms with E-state index in [1.807, 2.05) is 27.7 Å². The highest BCUT2D eigenvalue weighted by molar-refractivity contribution is 6.63. The second kappa shape index (κ2) is 7.24. The molecule has 1 aliphatic heterocycles. The average Bonchev–Trinajstić information content (AvgIpc) is 3.06. The summed E-state index contributed by atoms with van der Waals surface area (Å²) in [4.78, 5) is 4.25. The van der Waals surface area contributed by atoms with E-state index in [1.165, 1.54) is 18.5 Å². The van der Waals surface area contributed by atoms with Crippen LogP contribution in [0.1, 0.15) is 47.4 Å². The van der Waals surface area contributed by atoms with Crippen LogP contribution in [0.2, 0.25) is 0 Å². The highest BCUT2D eigenvalue weighted by Gasteiger charge is 2.52. The van der Waals surface area contributed by atoms with Crippen LogP contribution in [0.15, 0.2) is 24.5 Å². The van der Waals surface area contributed by atoms with Crippen molar-refractivity contribution < 1.29 is 18.4 Å². The number of aromatic nitrogens is 3. The molecule has 8 heteroatoms. The van der Waals surface area contributed by atoms with Crippen molar-refractivity contribution in [1.29, 1.82) is 0 Å². The van der Waals surface area contributed by atoms with E-state index in [0.717, 1.165) is 6.54 Å². The maximum atomic E-state index is 13.9. The van der Waals surface area contributed by atoms with Crippen LogP contribution in [-0.2, 0) is 22.5 Å². The fourth-order valence-corrected chi connectivity index (χ4v) is 2.84. The largest absolute Gasteiger partial charge is 0.498 e. The molecule has 1 aromatic carbocycles. The predicted molar refractivity (Wildman–Crippen MR) is 101 cm³/mol. The van der Waals surface area contributed by atoms with Crippen LogP contribution in [0.3, 0.4) is 0 Å². The van der Waals surface area contributed by atoms with Crippen molar-refractivity contribution in [3.63, 3.8) is 0 Å². The van der Waals surface area contributed by atoms with Gasteiger partial charge in [0.25, 0.3) is 0 Å². The second-order valence-electron chi connectivity index (χ2n) is 8.31. The van der Waals surface area contributed by atoms with Gasteiger partial charge in [-0.25, -0.2) is 14.1 Å². The minimum absolute atomic E-state index is 0.183. The summed E-state index contributed by atoms with van der Waals surface area (Å²) < 4.78 is 33.7.